The first-order valence-electron chi connectivity index (χ1n) is 7.96. The number of hydrogen-bond acceptors (Lipinski definition) is 3. The molecule has 1 heterocycles. The van der Waals surface area contributed by atoms with Gasteiger partial charge in [0.05, 0.1) is 4.90 Å². The minimum atomic E-state index is -3.43. The largest absolute Gasteiger partial charge is 0.369 e. The van der Waals surface area contributed by atoms with E-state index in [-0.39, 0.29) is 0 Å². The van der Waals surface area contributed by atoms with E-state index in [1.807, 2.05) is 44.2 Å². The Hall–Kier alpha value is -1.56. The van der Waals surface area contributed by atoms with Crippen molar-refractivity contribution in [3.8, 4) is 0 Å². The van der Waals surface area contributed by atoms with Crippen LogP contribution >= 0.6 is 11.6 Å². The van der Waals surface area contributed by atoms with E-state index in [0.29, 0.717) is 36.1 Å². The molecule has 1 saturated heterocycles. The molecule has 0 bridgehead atoms. The number of benzene rings is 2. The molecule has 4 nitrogen and oxygen atoms in total. The summed E-state index contributed by atoms with van der Waals surface area (Å²) in [6.07, 6.45) is 0. The number of sulfonamides is 1. The van der Waals surface area contributed by atoms with E-state index >= 15 is 0 Å². The zero-order valence-electron chi connectivity index (χ0n) is 13.9. The van der Waals surface area contributed by atoms with E-state index in [0.717, 1.165) is 16.8 Å². The van der Waals surface area contributed by atoms with Crippen molar-refractivity contribution in [2.45, 2.75) is 18.7 Å². The van der Waals surface area contributed by atoms with Gasteiger partial charge in [0.25, 0.3) is 0 Å². The Bertz CT molecular complexity index is 844. The maximum Gasteiger partial charge on any atom is 0.243 e. The molecule has 6 heteroatoms. The Morgan fingerprint density at radius 3 is 2.25 bits per heavy atom. The molecular formula is C18H21ClN2O2S. The van der Waals surface area contributed by atoms with Crippen LogP contribution in [0.25, 0.3) is 0 Å². The first-order valence-corrected chi connectivity index (χ1v) is 9.77. The van der Waals surface area contributed by atoms with Crippen molar-refractivity contribution in [1.82, 2.24) is 4.31 Å². The number of rotatable bonds is 3. The van der Waals surface area contributed by atoms with Crippen LogP contribution in [-0.2, 0) is 10.0 Å². The van der Waals surface area contributed by atoms with Crippen LogP contribution in [0.1, 0.15) is 11.1 Å². The van der Waals surface area contributed by atoms with Gasteiger partial charge in [0, 0.05) is 36.9 Å². The van der Waals surface area contributed by atoms with Crippen LogP contribution in [0.4, 0.5) is 5.69 Å². The molecule has 24 heavy (non-hydrogen) atoms. The summed E-state index contributed by atoms with van der Waals surface area (Å²) in [4.78, 5) is 2.54. The summed E-state index contributed by atoms with van der Waals surface area (Å²) in [6, 6.07) is 13.0. The Kier molecular flexibility index (Phi) is 4.85. The Labute approximate surface area is 148 Å². The third-order valence-electron chi connectivity index (χ3n) is 4.53. The first-order chi connectivity index (χ1) is 11.4. The van der Waals surface area contributed by atoms with Gasteiger partial charge in [-0.1, -0.05) is 23.7 Å². The summed E-state index contributed by atoms with van der Waals surface area (Å²) >= 11 is 6.04. The zero-order chi connectivity index (χ0) is 17.3. The van der Waals surface area contributed by atoms with Crippen LogP contribution in [0.5, 0.6) is 0 Å². The molecule has 1 fully saturated rings. The lowest BCUT2D eigenvalue weighted by molar-refractivity contribution is 0.385. The van der Waals surface area contributed by atoms with Crippen LogP contribution < -0.4 is 4.90 Å². The lowest BCUT2D eigenvalue weighted by atomic mass is 10.1. The molecular weight excluding hydrogens is 344 g/mol. The molecule has 0 radical (unpaired) electrons. The molecule has 3 rings (SSSR count). The average molecular weight is 365 g/mol. The maximum atomic E-state index is 12.8. The third kappa shape index (κ3) is 3.43. The second-order valence-corrected chi connectivity index (χ2v) is 8.49. The van der Waals surface area contributed by atoms with Crippen molar-refractivity contribution < 1.29 is 8.42 Å². The zero-order valence-corrected chi connectivity index (χ0v) is 15.4. The van der Waals surface area contributed by atoms with Gasteiger partial charge < -0.3 is 4.90 Å². The highest BCUT2D eigenvalue weighted by atomic mass is 35.5. The summed E-state index contributed by atoms with van der Waals surface area (Å²) < 4.78 is 27.2. The normalized spacial score (nSPS) is 16.4. The van der Waals surface area contributed by atoms with Crippen LogP contribution in [0.15, 0.2) is 47.4 Å². The van der Waals surface area contributed by atoms with Gasteiger partial charge in [-0.3, -0.25) is 0 Å². The van der Waals surface area contributed by atoms with Gasteiger partial charge >= 0.3 is 0 Å². The maximum absolute atomic E-state index is 12.8. The number of aryl methyl sites for hydroxylation is 2. The number of halogens is 1. The highest BCUT2D eigenvalue weighted by Crippen LogP contribution is 2.24. The van der Waals surface area contributed by atoms with Crippen molar-refractivity contribution in [3.05, 3.63) is 58.6 Å². The highest BCUT2D eigenvalue weighted by molar-refractivity contribution is 7.89. The van der Waals surface area contributed by atoms with E-state index in [1.54, 1.807) is 16.4 Å². The third-order valence-corrected chi connectivity index (χ3v) is 6.66. The Balaban J connectivity index is 1.74. The first kappa shape index (κ1) is 17.3. The number of hydrogen-bond donors (Lipinski definition) is 0. The van der Waals surface area contributed by atoms with E-state index < -0.39 is 10.0 Å². The van der Waals surface area contributed by atoms with Crippen molar-refractivity contribution in [2.24, 2.45) is 0 Å². The molecule has 0 spiro atoms. The van der Waals surface area contributed by atoms with E-state index in [1.165, 1.54) is 0 Å². The van der Waals surface area contributed by atoms with Gasteiger partial charge in [0.2, 0.25) is 10.0 Å². The fraction of sp³-hybridized carbons (Fsp3) is 0.333. The molecule has 0 aliphatic carbocycles. The topological polar surface area (TPSA) is 40.6 Å². The van der Waals surface area contributed by atoms with Gasteiger partial charge in [0.15, 0.2) is 0 Å². The number of piperazine rings is 1. The summed E-state index contributed by atoms with van der Waals surface area (Å²) in [5, 5.41) is 0.692. The predicted octanol–water partition coefficient (Wildman–Crippen LogP) is 3.47. The summed E-state index contributed by atoms with van der Waals surface area (Å²) in [5.41, 5.74) is 3.12. The summed E-state index contributed by atoms with van der Waals surface area (Å²) in [7, 11) is -3.43. The molecule has 0 aromatic heterocycles. The van der Waals surface area contributed by atoms with Crippen LogP contribution in [-0.4, -0.2) is 38.9 Å². The molecule has 0 atom stereocenters. The molecule has 2 aromatic rings. The van der Waals surface area contributed by atoms with Crippen LogP contribution in [0, 0.1) is 13.8 Å². The minimum absolute atomic E-state index is 0.377. The molecule has 0 amide bonds. The monoisotopic (exact) mass is 364 g/mol. The minimum Gasteiger partial charge on any atom is -0.369 e. The fourth-order valence-electron chi connectivity index (χ4n) is 2.88. The second kappa shape index (κ2) is 6.75. The number of nitrogens with zero attached hydrogens (tertiary/aromatic N) is 2. The van der Waals surface area contributed by atoms with E-state index in [4.69, 9.17) is 11.6 Å². The van der Waals surface area contributed by atoms with E-state index in [9.17, 15) is 8.42 Å². The van der Waals surface area contributed by atoms with Gasteiger partial charge in [-0.05, 0) is 55.3 Å². The Morgan fingerprint density at radius 2 is 1.62 bits per heavy atom. The van der Waals surface area contributed by atoms with Gasteiger partial charge in [-0.25, -0.2) is 8.42 Å². The molecule has 1 aliphatic rings. The van der Waals surface area contributed by atoms with Crippen molar-refractivity contribution in [3.63, 3.8) is 0 Å². The molecule has 0 unspecified atom stereocenters. The second-order valence-electron chi connectivity index (χ2n) is 6.12. The Morgan fingerprint density at radius 1 is 0.917 bits per heavy atom. The lowest BCUT2D eigenvalue weighted by Crippen LogP contribution is -2.48. The standard InChI is InChI=1S/C18H21ClN2O2S/c1-14-6-7-18(12-15(14)2)24(22,23)21-10-8-20(9-11-21)17-5-3-4-16(19)13-17/h3-7,12-13H,8-11H2,1-2H3. The van der Waals surface area contributed by atoms with Gasteiger partial charge in [0.1, 0.15) is 0 Å². The summed E-state index contributed by atoms with van der Waals surface area (Å²) in [5.74, 6) is 0. The highest BCUT2D eigenvalue weighted by Gasteiger charge is 2.28. The molecule has 0 N–H and O–H groups in total. The smallest absolute Gasteiger partial charge is 0.243 e. The molecule has 0 saturated carbocycles. The van der Waals surface area contributed by atoms with Crippen molar-refractivity contribution >= 4 is 27.3 Å². The predicted molar refractivity (Wildman–Crippen MR) is 98.3 cm³/mol. The summed E-state index contributed by atoms with van der Waals surface area (Å²) in [6.45, 7) is 6.18. The van der Waals surface area contributed by atoms with Crippen molar-refractivity contribution in [2.75, 3.05) is 31.1 Å². The molecule has 128 valence electrons. The average Bonchev–Trinajstić information content (AvgIpc) is 2.57. The van der Waals surface area contributed by atoms with E-state index in [2.05, 4.69) is 4.90 Å². The van der Waals surface area contributed by atoms with Gasteiger partial charge in [-0.15, -0.1) is 0 Å². The molecule has 1 aliphatic heterocycles. The quantitative estimate of drug-likeness (QED) is 0.837. The molecule has 2 aromatic carbocycles. The number of anilines is 1. The van der Waals surface area contributed by atoms with Crippen molar-refractivity contribution in [1.29, 1.82) is 0 Å². The van der Waals surface area contributed by atoms with Crippen LogP contribution in [0.3, 0.4) is 0 Å². The lowest BCUT2D eigenvalue weighted by Gasteiger charge is -2.35. The van der Waals surface area contributed by atoms with Gasteiger partial charge in [-0.2, -0.15) is 4.31 Å². The fourth-order valence-corrected chi connectivity index (χ4v) is 4.58. The van der Waals surface area contributed by atoms with Crippen LogP contribution in [0.2, 0.25) is 5.02 Å². The SMILES string of the molecule is Cc1ccc(S(=O)(=O)N2CCN(c3cccc(Cl)c3)CC2)cc1C.